The van der Waals surface area contributed by atoms with Crippen LogP contribution in [-0.4, -0.2) is 16.9 Å². The topological polar surface area (TPSA) is 0 Å². The van der Waals surface area contributed by atoms with Gasteiger partial charge in [-0.3, -0.25) is 0 Å². The van der Waals surface area contributed by atoms with Gasteiger partial charge in [0, 0.05) is 16.9 Å². The smallest absolute Gasteiger partial charge is 0.0314 e. The van der Waals surface area contributed by atoms with Gasteiger partial charge in [0.25, 0.3) is 0 Å². The van der Waals surface area contributed by atoms with Gasteiger partial charge in [-0.15, -0.1) is 11.6 Å². The molecular formula is C11H15ClS. The Hall–Kier alpha value is -0.140. The van der Waals surface area contributed by atoms with Crippen molar-refractivity contribution in [3.05, 3.63) is 35.9 Å². The van der Waals surface area contributed by atoms with Gasteiger partial charge >= 0.3 is 0 Å². The first-order valence-electron chi connectivity index (χ1n) is 4.54. The van der Waals surface area contributed by atoms with E-state index in [1.54, 1.807) is 0 Å². The Morgan fingerprint density at radius 1 is 1.31 bits per heavy atom. The van der Waals surface area contributed by atoms with Gasteiger partial charge in [0.15, 0.2) is 0 Å². The van der Waals surface area contributed by atoms with Crippen LogP contribution >= 0.6 is 23.4 Å². The van der Waals surface area contributed by atoms with E-state index in [9.17, 15) is 0 Å². The van der Waals surface area contributed by atoms with E-state index in [1.807, 2.05) is 11.8 Å². The minimum absolute atomic E-state index is 0.668. The zero-order valence-corrected chi connectivity index (χ0v) is 9.44. The Balaban J connectivity index is 2.32. The average Bonchev–Trinajstić information content (AvgIpc) is 2.16. The van der Waals surface area contributed by atoms with Gasteiger partial charge in [-0.2, -0.15) is 11.8 Å². The molecule has 0 aliphatic rings. The predicted octanol–water partition coefficient (Wildman–Crippen LogP) is 3.59. The molecule has 0 heterocycles. The van der Waals surface area contributed by atoms with Gasteiger partial charge in [0.05, 0.1) is 0 Å². The summed E-state index contributed by atoms with van der Waals surface area (Å²) in [6.07, 6.45) is 1.14. The maximum atomic E-state index is 5.63. The van der Waals surface area contributed by atoms with Gasteiger partial charge in [-0.05, 0) is 12.0 Å². The molecule has 0 N–H and O–H groups in total. The third-order valence-electron chi connectivity index (χ3n) is 1.85. The third kappa shape index (κ3) is 4.58. The fourth-order valence-electron chi connectivity index (χ4n) is 1.25. The molecule has 0 saturated heterocycles. The van der Waals surface area contributed by atoms with Crippen molar-refractivity contribution >= 4 is 23.4 Å². The monoisotopic (exact) mass is 214 g/mol. The van der Waals surface area contributed by atoms with E-state index >= 15 is 0 Å². The average molecular weight is 215 g/mol. The van der Waals surface area contributed by atoms with Crippen LogP contribution in [0.3, 0.4) is 0 Å². The second-order valence-corrected chi connectivity index (χ2v) is 4.98. The summed E-state index contributed by atoms with van der Waals surface area (Å²) in [7, 11) is 0. The van der Waals surface area contributed by atoms with Crippen LogP contribution in [0.25, 0.3) is 0 Å². The van der Waals surface area contributed by atoms with Crippen molar-refractivity contribution in [3.8, 4) is 0 Å². The van der Waals surface area contributed by atoms with E-state index in [0.717, 1.165) is 18.1 Å². The molecule has 0 nitrogen and oxygen atoms in total. The summed E-state index contributed by atoms with van der Waals surface area (Å²) in [4.78, 5) is 0. The first kappa shape index (κ1) is 10.9. The van der Waals surface area contributed by atoms with E-state index < -0.39 is 0 Å². The fraction of sp³-hybridized carbons (Fsp3) is 0.455. The van der Waals surface area contributed by atoms with Crippen molar-refractivity contribution < 1.29 is 0 Å². The standard InChI is InChI=1S/C11H15ClS/c1-10(13-8-7-12)9-11-5-3-2-4-6-11/h2-6,10H,7-9H2,1H3. The van der Waals surface area contributed by atoms with Crippen LogP contribution in [0, 0.1) is 0 Å². The highest BCUT2D eigenvalue weighted by atomic mass is 35.5. The van der Waals surface area contributed by atoms with Crippen molar-refractivity contribution in [1.29, 1.82) is 0 Å². The lowest BCUT2D eigenvalue weighted by molar-refractivity contribution is 0.943. The summed E-state index contributed by atoms with van der Waals surface area (Å²) < 4.78 is 0. The molecule has 2 heteroatoms. The molecule has 1 unspecified atom stereocenters. The molecule has 0 bridgehead atoms. The SMILES string of the molecule is CC(Cc1ccccc1)SCCCl. The highest BCUT2D eigenvalue weighted by Crippen LogP contribution is 2.15. The van der Waals surface area contributed by atoms with Crippen LogP contribution in [0.1, 0.15) is 12.5 Å². The quantitative estimate of drug-likeness (QED) is 0.676. The number of hydrogen-bond donors (Lipinski definition) is 0. The number of thioether (sulfide) groups is 1. The third-order valence-corrected chi connectivity index (χ3v) is 3.43. The lowest BCUT2D eigenvalue weighted by Gasteiger charge is -2.09. The molecule has 0 aromatic heterocycles. The van der Waals surface area contributed by atoms with Gasteiger partial charge in [-0.1, -0.05) is 37.3 Å². The summed E-state index contributed by atoms with van der Waals surface area (Å²) in [5, 5.41) is 0.668. The first-order chi connectivity index (χ1) is 6.33. The van der Waals surface area contributed by atoms with E-state index in [1.165, 1.54) is 5.56 Å². The number of hydrogen-bond acceptors (Lipinski definition) is 1. The molecule has 0 amide bonds. The summed E-state index contributed by atoms with van der Waals surface area (Å²) in [5.41, 5.74) is 1.41. The van der Waals surface area contributed by atoms with E-state index in [0.29, 0.717) is 5.25 Å². The van der Waals surface area contributed by atoms with Crippen molar-refractivity contribution in [2.24, 2.45) is 0 Å². The van der Waals surface area contributed by atoms with Crippen molar-refractivity contribution in [2.45, 2.75) is 18.6 Å². The molecule has 0 fully saturated rings. The predicted molar refractivity (Wildman–Crippen MR) is 62.8 cm³/mol. The highest BCUT2D eigenvalue weighted by molar-refractivity contribution is 7.99. The Labute approximate surface area is 89.7 Å². The number of alkyl halides is 1. The number of halogens is 1. The van der Waals surface area contributed by atoms with E-state index in [4.69, 9.17) is 11.6 Å². The second kappa shape index (κ2) is 6.33. The summed E-state index contributed by atoms with van der Waals surface area (Å²) in [6, 6.07) is 10.6. The summed E-state index contributed by atoms with van der Waals surface area (Å²) in [6.45, 7) is 2.25. The Kier molecular flexibility index (Phi) is 5.33. The molecule has 0 spiro atoms. The molecule has 1 aromatic rings. The van der Waals surface area contributed by atoms with Crippen molar-refractivity contribution in [2.75, 3.05) is 11.6 Å². The van der Waals surface area contributed by atoms with E-state index in [2.05, 4.69) is 37.3 Å². The van der Waals surface area contributed by atoms with Crippen molar-refractivity contribution in [3.63, 3.8) is 0 Å². The maximum Gasteiger partial charge on any atom is 0.0314 e. The van der Waals surface area contributed by atoms with Crippen molar-refractivity contribution in [1.82, 2.24) is 0 Å². The second-order valence-electron chi connectivity index (χ2n) is 3.06. The van der Waals surface area contributed by atoms with Crippen LogP contribution in [0.15, 0.2) is 30.3 Å². The molecule has 0 saturated carbocycles. The zero-order valence-electron chi connectivity index (χ0n) is 7.87. The van der Waals surface area contributed by atoms with Crippen LogP contribution in [0.2, 0.25) is 0 Å². The zero-order chi connectivity index (χ0) is 9.52. The molecule has 1 aromatic carbocycles. The maximum absolute atomic E-state index is 5.63. The Morgan fingerprint density at radius 3 is 2.62 bits per heavy atom. The van der Waals surface area contributed by atoms with E-state index in [-0.39, 0.29) is 0 Å². The molecule has 0 radical (unpaired) electrons. The Morgan fingerprint density at radius 2 is 2.00 bits per heavy atom. The lowest BCUT2D eigenvalue weighted by Crippen LogP contribution is -2.02. The fourth-order valence-corrected chi connectivity index (χ4v) is 2.32. The summed E-state index contributed by atoms with van der Waals surface area (Å²) >= 11 is 7.57. The molecule has 0 aliphatic heterocycles. The van der Waals surface area contributed by atoms with Crippen LogP contribution < -0.4 is 0 Å². The van der Waals surface area contributed by atoms with Gasteiger partial charge in [-0.25, -0.2) is 0 Å². The molecule has 72 valence electrons. The lowest BCUT2D eigenvalue weighted by atomic mass is 10.1. The van der Waals surface area contributed by atoms with Crippen LogP contribution in [0.5, 0.6) is 0 Å². The minimum atomic E-state index is 0.668. The molecular weight excluding hydrogens is 200 g/mol. The first-order valence-corrected chi connectivity index (χ1v) is 6.12. The van der Waals surface area contributed by atoms with Crippen LogP contribution in [0.4, 0.5) is 0 Å². The highest BCUT2D eigenvalue weighted by Gasteiger charge is 2.02. The minimum Gasteiger partial charge on any atom is -0.157 e. The molecule has 13 heavy (non-hydrogen) atoms. The molecule has 1 rings (SSSR count). The number of benzene rings is 1. The van der Waals surface area contributed by atoms with Gasteiger partial charge < -0.3 is 0 Å². The molecule has 0 aliphatic carbocycles. The largest absolute Gasteiger partial charge is 0.157 e. The Bertz CT molecular complexity index is 223. The van der Waals surface area contributed by atoms with Crippen LogP contribution in [-0.2, 0) is 6.42 Å². The summed E-state index contributed by atoms with van der Waals surface area (Å²) in [5.74, 6) is 1.80. The van der Waals surface area contributed by atoms with Gasteiger partial charge in [0.2, 0.25) is 0 Å². The van der Waals surface area contributed by atoms with Gasteiger partial charge in [0.1, 0.15) is 0 Å². The number of rotatable bonds is 5. The normalized spacial score (nSPS) is 12.8. The molecule has 1 atom stereocenters.